The minimum Gasteiger partial charge on any atom is -0.492 e. The van der Waals surface area contributed by atoms with Crippen LogP contribution >= 0.6 is 0 Å². The fourth-order valence-corrected chi connectivity index (χ4v) is 2.31. The van der Waals surface area contributed by atoms with E-state index < -0.39 is 5.97 Å². The standard InChI is InChI=1S/C15H20N2O4/c18-14(11-17-8-6-12(10-17)15(19)20)16-7-9-21-13-4-2-1-3-5-13/h1-5,12H,6-11H2,(H,16,18)(H,19,20). The van der Waals surface area contributed by atoms with Crippen LogP contribution in [0.2, 0.25) is 0 Å². The number of nitrogens with one attached hydrogen (secondary N) is 1. The van der Waals surface area contributed by atoms with Crippen molar-refractivity contribution >= 4 is 11.9 Å². The number of likely N-dealkylation sites (tertiary alicyclic amines) is 1. The number of nitrogens with zero attached hydrogens (tertiary/aromatic N) is 1. The average Bonchev–Trinajstić information content (AvgIpc) is 2.93. The summed E-state index contributed by atoms with van der Waals surface area (Å²) in [7, 11) is 0. The predicted octanol–water partition coefficient (Wildman–Crippen LogP) is 0.588. The third kappa shape index (κ3) is 5.07. The van der Waals surface area contributed by atoms with E-state index in [2.05, 4.69) is 5.32 Å². The number of amides is 1. The minimum atomic E-state index is -0.783. The first-order valence-electron chi connectivity index (χ1n) is 7.05. The second kappa shape index (κ2) is 7.64. The van der Waals surface area contributed by atoms with Crippen LogP contribution in [0.1, 0.15) is 6.42 Å². The van der Waals surface area contributed by atoms with Gasteiger partial charge < -0.3 is 15.2 Å². The molecular formula is C15H20N2O4. The van der Waals surface area contributed by atoms with Crippen LogP contribution in [0.15, 0.2) is 30.3 Å². The summed E-state index contributed by atoms with van der Waals surface area (Å²) in [5.41, 5.74) is 0. The van der Waals surface area contributed by atoms with E-state index in [-0.39, 0.29) is 18.4 Å². The molecule has 1 heterocycles. The number of hydrogen-bond acceptors (Lipinski definition) is 4. The summed E-state index contributed by atoms with van der Waals surface area (Å²) in [5.74, 6) is -0.457. The molecule has 6 nitrogen and oxygen atoms in total. The summed E-state index contributed by atoms with van der Waals surface area (Å²) in [4.78, 5) is 24.4. The van der Waals surface area contributed by atoms with Gasteiger partial charge in [0.05, 0.1) is 19.0 Å². The molecule has 2 rings (SSSR count). The number of carboxylic acids is 1. The Morgan fingerprint density at radius 1 is 1.33 bits per heavy atom. The number of hydrogen-bond donors (Lipinski definition) is 2. The number of carbonyl (C=O) groups is 2. The van der Waals surface area contributed by atoms with Gasteiger partial charge in [-0.05, 0) is 25.1 Å². The average molecular weight is 292 g/mol. The Hall–Kier alpha value is -2.08. The van der Waals surface area contributed by atoms with Crippen molar-refractivity contribution in [1.82, 2.24) is 10.2 Å². The molecule has 0 bridgehead atoms. The summed E-state index contributed by atoms with van der Waals surface area (Å²) >= 11 is 0. The first kappa shape index (κ1) is 15.3. The van der Waals surface area contributed by atoms with Gasteiger partial charge in [-0.1, -0.05) is 18.2 Å². The molecule has 0 aromatic heterocycles. The molecule has 1 aromatic rings. The predicted molar refractivity (Wildman–Crippen MR) is 77.1 cm³/mol. The summed E-state index contributed by atoms with van der Waals surface area (Å²) in [6.07, 6.45) is 0.611. The minimum absolute atomic E-state index is 0.0994. The largest absolute Gasteiger partial charge is 0.492 e. The molecule has 1 saturated heterocycles. The Kier molecular flexibility index (Phi) is 5.57. The molecule has 1 fully saturated rings. The zero-order chi connectivity index (χ0) is 15.1. The second-order valence-electron chi connectivity index (χ2n) is 5.07. The Bertz CT molecular complexity index is 478. The van der Waals surface area contributed by atoms with Crippen LogP contribution in [0.5, 0.6) is 5.75 Å². The van der Waals surface area contributed by atoms with Gasteiger partial charge in [0, 0.05) is 6.54 Å². The summed E-state index contributed by atoms with van der Waals surface area (Å²) in [5, 5.41) is 11.7. The summed E-state index contributed by atoms with van der Waals surface area (Å²) < 4.78 is 5.47. The highest BCUT2D eigenvalue weighted by Crippen LogP contribution is 2.15. The highest BCUT2D eigenvalue weighted by atomic mass is 16.5. The van der Waals surface area contributed by atoms with E-state index in [1.165, 1.54) is 0 Å². The molecular weight excluding hydrogens is 272 g/mol. The van der Waals surface area contributed by atoms with Gasteiger partial charge in [0.2, 0.25) is 5.91 Å². The maximum Gasteiger partial charge on any atom is 0.307 e. The molecule has 2 N–H and O–H groups in total. The summed E-state index contributed by atoms with van der Waals surface area (Å²) in [6, 6.07) is 9.41. The molecule has 21 heavy (non-hydrogen) atoms. The molecule has 1 amide bonds. The second-order valence-corrected chi connectivity index (χ2v) is 5.07. The van der Waals surface area contributed by atoms with Crippen molar-refractivity contribution < 1.29 is 19.4 Å². The van der Waals surface area contributed by atoms with Gasteiger partial charge >= 0.3 is 5.97 Å². The Morgan fingerprint density at radius 2 is 2.10 bits per heavy atom. The first-order valence-corrected chi connectivity index (χ1v) is 7.05. The molecule has 1 aliphatic heterocycles. The van der Waals surface area contributed by atoms with Crippen LogP contribution < -0.4 is 10.1 Å². The van der Waals surface area contributed by atoms with Gasteiger partial charge in [0.15, 0.2) is 0 Å². The van der Waals surface area contributed by atoms with E-state index >= 15 is 0 Å². The molecule has 114 valence electrons. The number of para-hydroxylation sites is 1. The highest BCUT2D eigenvalue weighted by molar-refractivity contribution is 5.78. The Balaban J connectivity index is 1.59. The summed E-state index contributed by atoms with van der Waals surface area (Å²) in [6.45, 7) is 2.20. The van der Waals surface area contributed by atoms with E-state index in [4.69, 9.17) is 9.84 Å². The molecule has 6 heteroatoms. The lowest BCUT2D eigenvalue weighted by atomic mass is 10.1. The Morgan fingerprint density at radius 3 is 2.76 bits per heavy atom. The van der Waals surface area contributed by atoms with Gasteiger partial charge in [-0.3, -0.25) is 14.5 Å². The van der Waals surface area contributed by atoms with E-state index in [0.29, 0.717) is 32.7 Å². The fourth-order valence-electron chi connectivity index (χ4n) is 2.31. The van der Waals surface area contributed by atoms with E-state index in [1.54, 1.807) is 0 Å². The molecule has 1 atom stereocenters. The number of aliphatic carboxylic acids is 1. The normalized spacial score (nSPS) is 18.4. The van der Waals surface area contributed by atoms with Crippen molar-refractivity contribution in [3.05, 3.63) is 30.3 Å². The van der Waals surface area contributed by atoms with Crippen molar-refractivity contribution in [2.24, 2.45) is 5.92 Å². The third-order valence-electron chi connectivity index (χ3n) is 3.42. The smallest absolute Gasteiger partial charge is 0.307 e. The molecule has 1 unspecified atom stereocenters. The zero-order valence-corrected chi connectivity index (χ0v) is 11.8. The number of ether oxygens (including phenoxy) is 1. The zero-order valence-electron chi connectivity index (χ0n) is 11.8. The monoisotopic (exact) mass is 292 g/mol. The molecule has 1 aliphatic rings. The van der Waals surface area contributed by atoms with Crippen LogP contribution in [-0.4, -0.2) is 54.7 Å². The van der Waals surface area contributed by atoms with Crippen molar-refractivity contribution in [1.29, 1.82) is 0 Å². The van der Waals surface area contributed by atoms with E-state index in [1.807, 2.05) is 35.2 Å². The quantitative estimate of drug-likeness (QED) is 0.719. The fraction of sp³-hybridized carbons (Fsp3) is 0.467. The van der Waals surface area contributed by atoms with Crippen LogP contribution in [0.25, 0.3) is 0 Å². The van der Waals surface area contributed by atoms with Crippen LogP contribution in [0, 0.1) is 5.92 Å². The number of carboxylic acid groups (broad SMARTS) is 1. The van der Waals surface area contributed by atoms with Crippen molar-refractivity contribution in [3.63, 3.8) is 0 Å². The van der Waals surface area contributed by atoms with Gasteiger partial charge in [0.1, 0.15) is 12.4 Å². The number of benzene rings is 1. The Labute approximate surface area is 123 Å². The first-order chi connectivity index (χ1) is 10.1. The lowest BCUT2D eigenvalue weighted by Gasteiger charge is -2.14. The molecule has 0 saturated carbocycles. The SMILES string of the molecule is O=C(CN1CCC(C(=O)O)C1)NCCOc1ccccc1. The van der Waals surface area contributed by atoms with Gasteiger partial charge in [-0.2, -0.15) is 0 Å². The lowest BCUT2D eigenvalue weighted by Crippen LogP contribution is -2.38. The third-order valence-corrected chi connectivity index (χ3v) is 3.42. The van der Waals surface area contributed by atoms with Crippen LogP contribution in [0.3, 0.4) is 0 Å². The highest BCUT2D eigenvalue weighted by Gasteiger charge is 2.28. The van der Waals surface area contributed by atoms with Gasteiger partial charge in [-0.15, -0.1) is 0 Å². The van der Waals surface area contributed by atoms with Crippen molar-refractivity contribution in [2.75, 3.05) is 32.8 Å². The molecule has 0 radical (unpaired) electrons. The lowest BCUT2D eigenvalue weighted by molar-refractivity contribution is -0.141. The maximum absolute atomic E-state index is 11.7. The van der Waals surface area contributed by atoms with Crippen LogP contribution in [-0.2, 0) is 9.59 Å². The van der Waals surface area contributed by atoms with E-state index in [9.17, 15) is 9.59 Å². The van der Waals surface area contributed by atoms with Crippen molar-refractivity contribution in [3.8, 4) is 5.75 Å². The molecule has 0 spiro atoms. The van der Waals surface area contributed by atoms with Crippen LogP contribution in [0.4, 0.5) is 0 Å². The maximum atomic E-state index is 11.7. The van der Waals surface area contributed by atoms with E-state index in [0.717, 1.165) is 5.75 Å². The van der Waals surface area contributed by atoms with Crippen molar-refractivity contribution in [2.45, 2.75) is 6.42 Å². The molecule has 1 aromatic carbocycles. The number of carbonyl (C=O) groups excluding carboxylic acids is 1. The molecule has 0 aliphatic carbocycles. The topological polar surface area (TPSA) is 78.9 Å². The van der Waals surface area contributed by atoms with Gasteiger partial charge in [-0.25, -0.2) is 0 Å². The van der Waals surface area contributed by atoms with Gasteiger partial charge in [0.25, 0.3) is 0 Å². The number of rotatable bonds is 7.